The second-order valence-electron chi connectivity index (χ2n) is 3.45. The number of phenolic OH excluding ortho intramolecular Hbond substituents is 1. The first-order chi connectivity index (χ1) is 7.69. The number of aromatic hydroxyl groups is 1. The highest BCUT2D eigenvalue weighted by molar-refractivity contribution is 5.41. The molecule has 16 heavy (non-hydrogen) atoms. The quantitative estimate of drug-likeness (QED) is 0.762. The summed E-state index contributed by atoms with van der Waals surface area (Å²) in [5.41, 5.74) is 0.846. The van der Waals surface area contributed by atoms with Gasteiger partial charge in [0.15, 0.2) is 0 Å². The molecule has 2 N–H and O–H groups in total. The van der Waals surface area contributed by atoms with E-state index in [0.717, 1.165) is 5.56 Å². The molecule has 0 radical (unpaired) electrons. The summed E-state index contributed by atoms with van der Waals surface area (Å²) in [4.78, 5) is 0. The Kier molecular flexibility index (Phi) is 4.68. The topological polar surface area (TPSA) is 41.5 Å². The van der Waals surface area contributed by atoms with Crippen LogP contribution < -0.4 is 10.1 Å². The van der Waals surface area contributed by atoms with Crippen LogP contribution in [0.15, 0.2) is 18.2 Å². The summed E-state index contributed by atoms with van der Waals surface area (Å²) in [7, 11) is 1.58. The summed E-state index contributed by atoms with van der Waals surface area (Å²) in [5.74, 6) is 6.63. The molecule has 0 amide bonds. The number of ether oxygens (including phenoxy) is 1. The minimum atomic E-state index is 0.0618. The van der Waals surface area contributed by atoms with Crippen LogP contribution in [0.5, 0.6) is 11.5 Å². The maximum Gasteiger partial charge on any atom is 0.124 e. The SMILES string of the molecule is CC#CCNC(C)c1ccc(OC)cc1O. The molecule has 0 aromatic heterocycles. The largest absolute Gasteiger partial charge is 0.507 e. The summed E-state index contributed by atoms with van der Waals surface area (Å²) in [6.45, 7) is 4.40. The standard InChI is InChI=1S/C13H17NO2/c1-4-5-8-14-10(2)12-7-6-11(16-3)9-13(12)15/h6-7,9-10,14-15H,8H2,1-3H3. The number of nitrogens with one attached hydrogen (secondary N) is 1. The zero-order chi connectivity index (χ0) is 12.0. The zero-order valence-corrected chi connectivity index (χ0v) is 9.87. The molecular formula is C13H17NO2. The molecule has 3 heteroatoms. The molecule has 1 aromatic rings. The summed E-state index contributed by atoms with van der Waals surface area (Å²) in [6.07, 6.45) is 0. The van der Waals surface area contributed by atoms with Gasteiger partial charge in [0.25, 0.3) is 0 Å². The molecule has 0 aliphatic rings. The first-order valence-corrected chi connectivity index (χ1v) is 5.19. The van der Waals surface area contributed by atoms with Gasteiger partial charge in [0.2, 0.25) is 0 Å². The van der Waals surface area contributed by atoms with Crippen LogP contribution in [0.4, 0.5) is 0 Å². The molecule has 0 saturated heterocycles. The Labute approximate surface area is 96.4 Å². The average Bonchev–Trinajstić information content (AvgIpc) is 2.29. The van der Waals surface area contributed by atoms with E-state index in [1.807, 2.05) is 19.1 Å². The maximum absolute atomic E-state index is 9.79. The molecule has 0 spiro atoms. The van der Waals surface area contributed by atoms with Crippen LogP contribution in [0.3, 0.4) is 0 Å². The van der Waals surface area contributed by atoms with Gasteiger partial charge in [-0.15, -0.1) is 5.92 Å². The van der Waals surface area contributed by atoms with Gasteiger partial charge in [0.05, 0.1) is 13.7 Å². The van der Waals surface area contributed by atoms with Gasteiger partial charge >= 0.3 is 0 Å². The third-order valence-electron chi connectivity index (χ3n) is 2.38. The lowest BCUT2D eigenvalue weighted by atomic mass is 10.1. The van der Waals surface area contributed by atoms with Gasteiger partial charge in [-0.2, -0.15) is 0 Å². The third-order valence-corrected chi connectivity index (χ3v) is 2.38. The van der Waals surface area contributed by atoms with E-state index in [9.17, 15) is 5.11 Å². The van der Waals surface area contributed by atoms with Crippen LogP contribution in [-0.4, -0.2) is 18.8 Å². The minimum Gasteiger partial charge on any atom is -0.507 e. The second-order valence-corrected chi connectivity index (χ2v) is 3.45. The molecule has 0 heterocycles. The molecule has 1 rings (SSSR count). The number of hydrogen-bond donors (Lipinski definition) is 2. The zero-order valence-electron chi connectivity index (χ0n) is 9.87. The molecule has 0 fully saturated rings. The fourth-order valence-electron chi connectivity index (χ4n) is 1.42. The summed E-state index contributed by atoms with van der Waals surface area (Å²) in [5, 5.41) is 13.0. The highest BCUT2D eigenvalue weighted by Crippen LogP contribution is 2.27. The van der Waals surface area contributed by atoms with E-state index in [-0.39, 0.29) is 11.8 Å². The van der Waals surface area contributed by atoms with Crippen molar-refractivity contribution >= 4 is 0 Å². The summed E-state index contributed by atoms with van der Waals surface area (Å²) < 4.78 is 5.03. The summed E-state index contributed by atoms with van der Waals surface area (Å²) in [6, 6.07) is 5.36. The van der Waals surface area contributed by atoms with Crippen molar-refractivity contribution in [1.29, 1.82) is 0 Å². The smallest absolute Gasteiger partial charge is 0.124 e. The fraction of sp³-hybridized carbons (Fsp3) is 0.385. The van der Waals surface area contributed by atoms with Crippen LogP contribution in [0.2, 0.25) is 0 Å². The Morgan fingerprint density at radius 3 is 2.81 bits per heavy atom. The summed E-state index contributed by atoms with van der Waals surface area (Å²) >= 11 is 0. The molecule has 1 unspecified atom stereocenters. The first kappa shape index (κ1) is 12.4. The van der Waals surface area contributed by atoms with E-state index in [1.54, 1.807) is 20.1 Å². The molecule has 0 aliphatic heterocycles. The second kappa shape index (κ2) is 6.04. The molecule has 0 bridgehead atoms. The van der Waals surface area contributed by atoms with Gasteiger partial charge in [-0.25, -0.2) is 0 Å². The van der Waals surface area contributed by atoms with Crippen LogP contribution in [0.1, 0.15) is 25.5 Å². The number of phenols is 1. The van der Waals surface area contributed by atoms with Gasteiger partial charge in [-0.1, -0.05) is 12.0 Å². The van der Waals surface area contributed by atoms with Gasteiger partial charge in [0, 0.05) is 17.7 Å². The van der Waals surface area contributed by atoms with Crippen molar-refractivity contribution in [2.24, 2.45) is 0 Å². The Morgan fingerprint density at radius 1 is 1.50 bits per heavy atom. The van der Waals surface area contributed by atoms with E-state index in [2.05, 4.69) is 17.2 Å². The third kappa shape index (κ3) is 3.18. The Bertz CT molecular complexity index is 404. The fourth-order valence-corrected chi connectivity index (χ4v) is 1.42. The van der Waals surface area contributed by atoms with Crippen molar-refractivity contribution in [1.82, 2.24) is 5.32 Å². The van der Waals surface area contributed by atoms with Crippen LogP contribution >= 0.6 is 0 Å². The van der Waals surface area contributed by atoms with E-state index < -0.39 is 0 Å². The minimum absolute atomic E-state index is 0.0618. The van der Waals surface area contributed by atoms with Crippen LogP contribution in [-0.2, 0) is 0 Å². The van der Waals surface area contributed by atoms with Gasteiger partial charge in [-0.05, 0) is 19.9 Å². The maximum atomic E-state index is 9.79. The van der Waals surface area contributed by atoms with Gasteiger partial charge in [0.1, 0.15) is 11.5 Å². The molecule has 1 aromatic carbocycles. The van der Waals surface area contributed by atoms with Crippen molar-refractivity contribution in [3.05, 3.63) is 23.8 Å². The number of methoxy groups -OCH3 is 1. The highest BCUT2D eigenvalue weighted by atomic mass is 16.5. The van der Waals surface area contributed by atoms with Crippen molar-refractivity contribution in [3.63, 3.8) is 0 Å². The Morgan fingerprint density at radius 2 is 2.25 bits per heavy atom. The van der Waals surface area contributed by atoms with Gasteiger partial charge in [-0.3, -0.25) is 5.32 Å². The molecule has 86 valence electrons. The van der Waals surface area contributed by atoms with Crippen molar-refractivity contribution in [2.45, 2.75) is 19.9 Å². The molecule has 1 atom stereocenters. The predicted molar refractivity (Wildman–Crippen MR) is 64.5 cm³/mol. The molecule has 0 saturated carbocycles. The molecule has 0 aliphatic carbocycles. The molecular weight excluding hydrogens is 202 g/mol. The molecule has 3 nitrogen and oxygen atoms in total. The highest BCUT2D eigenvalue weighted by Gasteiger charge is 2.09. The average molecular weight is 219 g/mol. The number of benzene rings is 1. The van der Waals surface area contributed by atoms with Crippen LogP contribution in [0.25, 0.3) is 0 Å². The number of hydrogen-bond acceptors (Lipinski definition) is 3. The lowest BCUT2D eigenvalue weighted by Gasteiger charge is -2.14. The predicted octanol–water partition coefficient (Wildman–Crippen LogP) is 2.07. The van der Waals surface area contributed by atoms with Crippen molar-refractivity contribution in [3.8, 4) is 23.3 Å². The monoisotopic (exact) mass is 219 g/mol. The van der Waals surface area contributed by atoms with Gasteiger partial charge < -0.3 is 9.84 Å². The lowest BCUT2D eigenvalue weighted by molar-refractivity contribution is 0.404. The Hall–Kier alpha value is -1.66. The Balaban J connectivity index is 2.74. The van der Waals surface area contributed by atoms with E-state index >= 15 is 0 Å². The van der Waals surface area contributed by atoms with E-state index in [0.29, 0.717) is 12.3 Å². The lowest BCUT2D eigenvalue weighted by Crippen LogP contribution is -2.18. The number of rotatable bonds is 4. The van der Waals surface area contributed by atoms with Crippen molar-refractivity contribution in [2.75, 3.05) is 13.7 Å². The van der Waals surface area contributed by atoms with E-state index in [4.69, 9.17) is 4.74 Å². The van der Waals surface area contributed by atoms with E-state index in [1.165, 1.54) is 0 Å². The first-order valence-electron chi connectivity index (χ1n) is 5.19. The van der Waals surface area contributed by atoms with Crippen LogP contribution in [0, 0.1) is 11.8 Å². The van der Waals surface area contributed by atoms with Crippen molar-refractivity contribution < 1.29 is 9.84 Å². The normalized spacial score (nSPS) is 11.4.